The van der Waals surface area contributed by atoms with Crippen molar-refractivity contribution in [2.75, 3.05) is 13.1 Å². The predicted molar refractivity (Wildman–Crippen MR) is 96.7 cm³/mol. The number of nitrogens with zero attached hydrogens (tertiary/aromatic N) is 1. The van der Waals surface area contributed by atoms with Crippen LogP contribution in [-0.2, 0) is 19.6 Å². The summed E-state index contributed by atoms with van der Waals surface area (Å²) >= 11 is 0. The lowest BCUT2D eigenvalue weighted by Crippen LogP contribution is -2.46. The van der Waals surface area contributed by atoms with Gasteiger partial charge >= 0.3 is 11.8 Å². The highest BCUT2D eigenvalue weighted by Gasteiger charge is 2.33. The Kier molecular flexibility index (Phi) is 6.11. The van der Waals surface area contributed by atoms with E-state index in [0.29, 0.717) is 19.4 Å². The molecule has 0 bridgehead atoms. The highest BCUT2D eigenvalue weighted by Crippen LogP contribution is 2.27. The topological polar surface area (TPSA) is 95.6 Å². The second kappa shape index (κ2) is 8.35. The van der Waals surface area contributed by atoms with Crippen LogP contribution in [0.2, 0.25) is 0 Å². The number of halogens is 1. The molecule has 1 aromatic carbocycles. The third-order valence-corrected chi connectivity index (χ3v) is 6.84. The van der Waals surface area contributed by atoms with Gasteiger partial charge in [0.2, 0.25) is 10.0 Å². The van der Waals surface area contributed by atoms with Gasteiger partial charge in [0.05, 0.1) is 4.90 Å². The van der Waals surface area contributed by atoms with E-state index in [4.69, 9.17) is 0 Å². The lowest BCUT2D eigenvalue weighted by molar-refractivity contribution is -0.139. The largest absolute Gasteiger partial charge is 0.348 e. The van der Waals surface area contributed by atoms with Crippen LogP contribution < -0.4 is 10.6 Å². The molecule has 0 aromatic heterocycles. The molecule has 0 spiro atoms. The quantitative estimate of drug-likeness (QED) is 0.704. The number of piperidine rings is 1. The van der Waals surface area contributed by atoms with Gasteiger partial charge in [0.15, 0.2) is 0 Å². The second-order valence-corrected chi connectivity index (χ2v) is 8.90. The van der Waals surface area contributed by atoms with E-state index >= 15 is 0 Å². The van der Waals surface area contributed by atoms with Crippen LogP contribution in [0, 0.1) is 5.82 Å². The number of hydrogen-bond donors (Lipinski definition) is 2. The molecule has 1 aromatic rings. The standard InChI is InChI=1S/C18H24FN3O4S/c19-13-4-8-16(9-5-13)27(25,26)22-12-2-1-3-15(22)10-11-20-17(23)18(24)21-14-6-7-14/h4-5,8-9,14-15H,1-3,6-7,10-12H2,(H,20,23)(H,21,24)/t15-/m0/s1. The van der Waals surface area contributed by atoms with Crippen LogP contribution in [0.25, 0.3) is 0 Å². The van der Waals surface area contributed by atoms with Crippen molar-refractivity contribution in [1.29, 1.82) is 0 Å². The summed E-state index contributed by atoms with van der Waals surface area (Å²) in [5.41, 5.74) is 0. The van der Waals surface area contributed by atoms with Crippen molar-refractivity contribution < 1.29 is 22.4 Å². The molecule has 2 aliphatic rings. The molecular formula is C18H24FN3O4S. The van der Waals surface area contributed by atoms with Gasteiger partial charge in [-0.05, 0) is 56.4 Å². The Morgan fingerprint density at radius 3 is 2.44 bits per heavy atom. The van der Waals surface area contributed by atoms with E-state index in [0.717, 1.165) is 37.8 Å². The van der Waals surface area contributed by atoms with Crippen LogP contribution >= 0.6 is 0 Å². The first kappa shape index (κ1) is 19.8. The van der Waals surface area contributed by atoms with E-state index in [-0.39, 0.29) is 23.5 Å². The van der Waals surface area contributed by atoms with Crippen LogP contribution in [-0.4, -0.2) is 49.7 Å². The molecule has 1 aliphatic heterocycles. The molecular weight excluding hydrogens is 373 g/mol. The molecule has 1 aliphatic carbocycles. The molecule has 1 heterocycles. The molecule has 7 nitrogen and oxygen atoms in total. The zero-order valence-corrected chi connectivity index (χ0v) is 15.8. The molecule has 2 fully saturated rings. The van der Waals surface area contributed by atoms with Gasteiger partial charge < -0.3 is 10.6 Å². The fourth-order valence-electron chi connectivity index (χ4n) is 3.23. The summed E-state index contributed by atoms with van der Waals surface area (Å²) in [4.78, 5) is 23.5. The van der Waals surface area contributed by atoms with Crippen molar-refractivity contribution in [2.24, 2.45) is 0 Å². The Labute approximate surface area is 158 Å². The lowest BCUT2D eigenvalue weighted by atomic mass is 10.0. The van der Waals surface area contributed by atoms with Crippen LogP contribution in [0.5, 0.6) is 0 Å². The average molecular weight is 397 g/mol. The van der Waals surface area contributed by atoms with Crippen molar-refractivity contribution in [1.82, 2.24) is 14.9 Å². The highest BCUT2D eigenvalue weighted by atomic mass is 32.2. The number of benzene rings is 1. The number of rotatable bonds is 6. The third kappa shape index (κ3) is 5.04. The van der Waals surface area contributed by atoms with Crippen LogP contribution in [0.15, 0.2) is 29.2 Å². The number of sulfonamides is 1. The average Bonchev–Trinajstić information content (AvgIpc) is 3.46. The van der Waals surface area contributed by atoms with Gasteiger partial charge in [0, 0.05) is 25.2 Å². The van der Waals surface area contributed by atoms with E-state index < -0.39 is 27.7 Å². The van der Waals surface area contributed by atoms with E-state index in [1.807, 2.05) is 0 Å². The first-order valence-electron chi connectivity index (χ1n) is 9.24. The summed E-state index contributed by atoms with van der Waals surface area (Å²) in [5, 5.41) is 5.17. The Morgan fingerprint density at radius 2 is 1.78 bits per heavy atom. The van der Waals surface area contributed by atoms with Gasteiger partial charge in [0.25, 0.3) is 0 Å². The maximum Gasteiger partial charge on any atom is 0.309 e. The maximum atomic E-state index is 13.1. The molecule has 2 N–H and O–H groups in total. The molecule has 3 rings (SSSR count). The third-order valence-electron chi connectivity index (χ3n) is 4.88. The van der Waals surface area contributed by atoms with Crippen molar-refractivity contribution in [3.05, 3.63) is 30.1 Å². The molecule has 0 unspecified atom stereocenters. The zero-order valence-electron chi connectivity index (χ0n) is 15.0. The summed E-state index contributed by atoms with van der Waals surface area (Å²) in [6, 6.07) is 4.63. The van der Waals surface area contributed by atoms with Crippen molar-refractivity contribution in [2.45, 2.75) is 55.5 Å². The summed E-state index contributed by atoms with van der Waals surface area (Å²) in [6.07, 6.45) is 4.56. The number of carbonyl (C=O) groups excluding carboxylic acids is 2. The molecule has 2 amide bonds. The Bertz CT molecular complexity index is 793. The molecule has 1 atom stereocenters. The molecule has 0 radical (unpaired) electrons. The van der Waals surface area contributed by atoms with Crippen molar-refractivity contribution in [3.63, 3.8) is 0 Å². The smallest absolute Gasteiger partial charge is 0.309 e. The Balaban J connectivity index is 1.58. The lowest BCUT2D eigenvalue weighted by Gasteiger charge is -2.34. The van der Waals surface area contributed by atoms with E-state index in [1.165, 1.54) is 16.4 Å². The van der Waals surface area contributed by atoms with E-state index in [1.54, 1.807) is 0 Å². The molecule has 148 valence electrons. The SMILES string of the molecule is O=C(NCC[C@@H]1CCCCN1S(=O)(=O)c1ccc(F)cc1)C(=O)NC1CC1. The van der Waals surface area contributed by atoms with Crippen LogP contribution in [0.4, 0.5) is 4.39 Å². The number of hydrogen-bond acceptors (Lipinski definition) is 4. The van der Waals surface area contributed by atoms with Crippen molar-refractivity contribution >= 4 is 21.8 Å². The predicted octanol–water partition coefficient (Wildman–Crippen LogP) is 1.15. The summed E-state index contributed by atoms with van der Waals surface area (Å²) in [5.74, 6) is -1.82. The monoisotopic (exact) mass is 397 g/mol. The van der Waals surface area contributed by atoms with Gasteiger partial charge in [-0.15, -0.1) is 0 Å². The summed E-state index contributed by atoms with van der Waals surface area (Å²) < 4.78 is 40.3. The fourth-order valence-corrected chi connectivity index (χ4v) is 4.96. The Hall–Kier alpha value is -2.00. The number of nitrogens with one attached hydrogen (secondary N) is 2. The minimum absolute atomic E-state index is 0.0589. The normalized spacial score (nSPS) is 20.9. The van der Waals surface area contributed by atoms with Crippen molar-refractivity contribution in [3.8, 4) is 0 Å². The summed E-state index contributed by atoms with van der Waals surface area (Å²) in [7, 11) is -3.73. The minimum Gasteiger partial charge on any atom is -0.348 e. The fraction of sp³-hybridized carbons (Fsp3) is 0.556. The van der Waals surface area contributed by atoms with E-state index in [9.17, 15) is 22.4 Å². The van der Waals surface area contributed by atoms with Gasteiger partial charge in [0.1, 0.15) is 5.82 Å². The Morgan fingerprint density at radius 1 is 1.07 bits per heavy atom. The van der Waals surface area contributed by atoms with Gasteiger partial charge in [-0.25, -0.2) is 12.8 Å². The van der Waals surface area contributed by atoms with Gasteiger partial charge in [-0.2, -0.15) is 4.31 Å². The zero-order chi connectivity index (χ0) is 19.4. The van der Waals surface area contributed by atoms with E-state index in [2.05, 4.69) is 10.6 Å². The molecule has 9 heteroatoms. The minimum atomic E-state index is -3.73. The maximum absolute atomic E-state index is 13.1. The van der Waals surface area contributed by atoms with Crippen LogP contribution in [0.1, 0.15) is 38.5 Å². The molecule has 1 saturated carbocycles. The van der Waals surface area contributed by atoms with Crippen LogP contribution in [0.3, 0.4) is 0 Å². The highest BCUT2D eigenvalue weighted by molar-refractivity contribution is 7.89. The molecule has 1 saturated heterocycles. The number of amides is 2. The first-order valence-corrected chi connectivity index (χ1v) is 10.7. The summed E-state index contributed by atoms with van der Waals surface area (Å²) in [6.45, 7) is 0.609. The van der Waals surface area contributed by atoms with Gasteiger partial charge in [-0.1, -0.05) is 6.42 Å². The number of carbonyl (C=O) groups is 2. The second-order valence-electron chi connectivity index (χ2n) is 7.01. The molecule has 27 heavy (non-hydrogen) atoms. The first-order chi connectivity index (χ1) is 12.9. The van der Waals surface area contributed by atoms with Gasteiger partial charge in [-0.3, -0.25) is 9.59 Å².